The third-order valence-electron chi connectivity index (χ3n) is 5.47. The Morgan fingerprint density at radius 3 is 2.77 bits per heavy atom. The maximum absolute atomic E-state index is 12.3. The highest BCUT2D eigenvalue weighted by molar-refractivity contribution is 7.99. The van der Waals surface area contributed by atoms with E-state index in [1.807, 2.05) is 18.2 Å². The Hall–Kier alpha value is -2.26. The summed E-state index contributed by atoms with van der Waals surface area (Å²) in [5.41, 5.74) is 0.952. The van der Waals surface area contributed by atoms with Crippen LogP contribution in [-0.2, 0) is 9.53 Å². The summed E-state index contributed by atoms with van der Waals surface area (Å²) in [6.45, 7) is 2.69. The first kappa shape index (κ1) is 19.7. The Balaban J connectivity index is 1.28. The molecule has 1 atom stereocenters. The molecule has 30 heavy (non-hydrogen) atoms. The number of amides is 1. The van der Waals surface area contributed by atoms with Gasteiger partial charge in [-0.15, -0.1) is 10.2 Å². The summed E-state index contributed by atoms with van der Waals surface area (Å²) in [4.78, 5) is 12.3. The van der Waals surface area contributed by atoms with Gasteiger partial charge >= 0.3 is 0 Å². The molecule has 1 saturated carbocycles. The van der Waals surface area contributed by atoms with Crippen LogP contribution in [0, 0.1) is 0 Å². The largest absolute Gasteiger partial charge is 0.490 e. The molecule has 0 bridgehead atoms. The zero-order valence-electron chi connectivity index (χ0n) is 16.8. The second kappa shape index (κ2) is 8.85. The van der Waals surface area contributed by atoms with Gasteiger partial charge in [0, 0.05) is 31.2 Å². The number of thioether (sulfide) groups is 1. The molecule has 1 unspecified atom stereocenters. The van der Waals surface area contributed by atoms with Gasteiger partial charge in [0.15, 0.2) is 22.5 Å². The Bertz CT molecular complexity index is 908. The van der Waals surface area contributed by atoms with Crippen molar-refractivity contribution in [2.45, 2.75) is 49.4 Å². The molecule has 0 spiro atoms. The van der Waals surface area contributed by atoms with Gasteiger partial charge in [-0.1, -0.05) is 11.8 Å². The summed E-state index contributed by atoms with van der Waals surface area (Å²) in [6, 6.07) is 6.31. The van der Waals surface area contributed by atoms with Crippen molar-refractivity contribution in [2.24, 2.45) is 0 Å². The van der Waals surface area contributed by atoms with Crippen LogP contribution in [0.4, 0.5) is 0 Å². The lowest BCUT2D eigenvalue weighted by Crippen LogP contribution is -2.32. The summed E-state index contributed by atoms with van der Waals surface area (Å²) >= 11 is 1.43. The van der Waals surface area contributed by atoms with Crippen molar-refractivity contribution in [3.63, 3.8) is 0 Å². The number of rotatable bonds is 7. The number of carbonyl (C=O) groups is 1. The molecule has 2 fully saturated rings. The predicted molar refractivity (Wildman–Crippen MR) is 112 cm³/mol. The first-order valence-electron chi connectivity index (χ1n) is 10.6. The smallest absolute Gasteiger partial charge is 0.230 e. The zero-order chi connectivity index (χ0) is 20.3. The molecule has 160 valence electrons. The van der Waals surface area contributed by atoms with Gasteiger partial charge < -0.3 is 19.5 Å². The first-order valence-corrected chi connectivity index (χ1v) is 11.6. The minimum Gasteiger partial charge on any atom is -0.490 e. The average Bonchev–Trinajstić information content (AvgIpc) is 3.38. The van der Waals surface area contributed by atoms with Gasteiger partial charge in [-0.25, -0.2) is 0 Å². The van der Waals surface area contributed by atoms with Crippen LogP contribution in [0.2, 0.25) is 0 Å². The van der Waals surface area contributed by atoms with Gasteiger partial charge in [0.05, 0.1) is 25.1 Å². The summed E-state index contributed by atoms with van der Waals surface area (Å²) in [7, 11) is 0. The standard InChI is InChI=1S/C21H26N4O4S/c26-19(22-12-16-3-1-8-27-16)13-30-21-24-23-20(25(21)15-5-6-15)14-4-7-17-18(11-14)29-10-2-9-28-17/h4,7,11,15-16H,1-3,5-6,8-10,12-13H2,(H,22,26). The minimum atomic E-state index is -0.00187. The molecule has 2 aliphatic heterocycles. The molecule has 9 heteroatoms. The van der Waals surface area contributed by atoms with Gasteiger partial charge in [0.1, 0.15) is 0 Å². The molecule has 1 aromatic heterocycles. The zero-order valence-corrected chi connectivity index (χ0v) is 17.7. The fourth-order valence-electron chi connectivity index (χ4n) is 3.75. The van der Waals surface area contributed by atoms with Crippen LogP contribution in [0.25, 0.3) is 11.4 Å². The Morgan fingerprint density at radius 2 is 1.97 bits per heavy atom. The van der Waals surface area contributed by atoms with Gasteiger partial charge in [-0.2, -0.15) is 0 Å². The first-order chi connectivity index (χ1) is 14.8. The van der Waals surface area contributed by atoms with E-state index >= 15 is 0 Å². The van der Waals surface area contributed by atoms with E-state index in [1.165, 1.54) is 11.8 Å². The topological polar surface area (TPSA) is 87.5 Å². The van der Waals surface area contributed by atoms with Crippen molar-refractivity contribution < 1.29 is 19.0 Å². The molecular formula is C21H26N4O4S. The molecule has 2 aromatic rings. The Kier molecular flexibility index (Phi) is 5.81. The van der Waals surface area contributed by atoms with Gasteiger partial charge in [-0.3, -0.25) is 9.36 Å². The Labute approximate surface area is 179 Å². The van der Waals surface area contributed by atoms with Crippen LogP contribution in [0.5, 0.6) is 11.5 Å². The monoisotopic (exact) mass is 430 g/mol. The van der Waals surface area contributed by atoms with Crippen LogP contribution in [0.15, 0.2) is 23.4 Å². The molecule has 3 heterocycles. The van der Waals surface area contributed by atoms with Crippen molar-refractivity contribution in [3.8, 4) is 22.9 Å². The second-order valence-corrected chi connectivity index (χ2v) is 8.79. The van der Waals surface area contributed by atoms with Crippen LogP contribution < -0.4 is 14.8 Å². The molecular weight excluding hydrogens is 404 g/mol. The van der Waals surface area contributed by atoms with Crippen LogP contribution in [-0.4, -0.2) is 58.9 Å². The van der Waals surface area contributed by atoms with Gasteiger partial charge in [-0.05, 0) is 43.9 Å². The highest BCUT2D eigenvalue weighted by Crippen LogP contribution is 2.42. The lowest BCUT2D eigenvalue weighted by molar-refractivity contribution is -0.119. The number of aromatic nitrogens is 3. The van der Waals surface area contributed by atoms with Crippen molar-refractivity contribution in [1.29, 1.82) is 0 Å². The number of hydrogen-bond donors (Lipinski definition) is 1. The third kappa shape index (κ3) is 4.41. The quantitative estimate of drug-likeness (QED) is 0.676. The van der Waals surface area contributed by atoms with Crippen molar-refractivity contribution >= 4 is 17.7 Å². The molecule has 1 amide bonds. The van der Waals surface area contributed by atoms with E-state index in [2.05, 4.69) is 20.1 Å². The van der Waals surface area contributed by atoms with E-state index in [4.69, 9.17) is 14.2 Å². The van der Waals surface area contributed by atoms with Crippen molar-refractivity contribution in [3.05, 3.63) is 18.2 Å². The molecule has 0 radical (unpaired) electrons. The van der Waals surface area contributed by atoms with Crippen LogP contribution >= 0.6 is 11.8 Å². The SMILES string of the molecule is O=C(CSc1nnc(-c2ccc3c(c2)OCCCO3)n1C1CC1)NCC1CCCO1. The third-order valence-corrected chi connectivity index (χ3v) is 6.41. The number of fused-ring (bicyclic) bond motifs is 1. The summed E-state index contributed by atoms with van der Waals surface area (Å²) in [6.07, 6.45) is 5.32. The van der Waals surface area contributed by atoms with Crippen LogP contribution in [0.3, 0.4) is 0 Å². The number of hydrogen-bond acceptors (Lipinski definition) is 7. The minimum absolute atomic E-state index is 0.00187. The molecule has 8 nitrogen and oxygen atoms in total. The molecule has 3 aliphatic rings. The highest BCUT2D eigenvalue weighted by atomic mass is 32.2. The van der Waals surface area contributed by atoms with E-state index in [9.17, 15) is 4.79 Å². The lowest BCUT2D eigenvalue weighted by atomic mass is 10.2. The molecule has 1 N–H and O–H groups in total. The number of nitrogens with zero attached hydrogens (tertiary/aromatic N) is 3. The maximum Gasteiger partial charge on any atom is 0.230 e. The van der Waals surface area contributed by atoms with E-state index in [0.29, 0.717) is 31.6 Å². The number of ether oxygens (including phenoxy) is 3. The van der Waals surface area contributed by atoms with Crippen molar-refractivity contribution in [1.82, 2.24) is 20.1 Å². The summed E-state index contributed by atoms with van der Waals surface area (Å²) < 4.78 is 19.3. The molecule has 1 saturated heterocycles. The fourth-order valence-corrected chi connectivity index (χ4v) is 4.59. The maximum atomic E-state index is 12.3. The van der Waals surface area contributed by atoms with E-state index < -0.39 is 0 Å². The van der Waals surface area contributed by atoms with E-state index in [1.54, 1.807) is 0 Å². The molecule has 1 aliphatic carbocycles. The average molecular weight is 431 g/mol. The number of nitrogens with one attached hydrogen (secondary N) is 1. The van der Waals surface area contributed by atoms with E-state index in [0.717, 1.165) is 66.8 Å². The number of carbonyl (C=O) groups excluding carboxylic acids is 1. The summed E-state index contributed by atoms with van der Waals surface area (Å²) in [5.74, 6) is 2.65. The Morgan fingerprint density at radius 1 is 1.10 bits per heavy atom. The van der Waals surface area contributed by atoms with Crippen molar-refractivity contribution in [2.75, 3.05) is 32.1 Å². The van der Waals surface area contributed by atoms with Crippen LogP contribution in [0.1, 0.15) is 38.1 Å². The fraction of sp³-hybridized carbons (Fsp3) is 0.571. The van der Waals surface area contributed by atoms with E-state index in [-0.39, 0.29) is 12.0 Å². The predicted octanol–water partition coefficient (Wildman–Crippen LogP) is 2.83. The normalized spacial score (nSPS) is 20.7. The van der Waals surface area contributed by atoms with Gasteiger partial charge in [0.25, 0.3) is 0 Å². The highest BCUT2D eigenvalue weighted by Gasteiger charge is 2.31. The number of benzene rings is 1. The molecule has 1 aromatic carbocycles. The van der Waals surface area contributed by atoms with Gasteiger partial charge in [0.2, 0.25) is 5.91 Å². The lowest BCUT2D eigenvalue weighted by Gasteiger charge is -2.12. The molecule has 5 rings (SSSR count). The second-order valence-electron chi connectivity index (χ2n) is 7.85. The summed E-state index contributed by atoms with van der Waals surface area (Å²) in [5, 5.41) is 12.6.